The van der Waals surface area contributed by atoms with E-state index < -0.39 is 5.97 Å². The lowest BCUT2D eigenvalue weighted by Gasteiger charge is -2.10. The van der Waals surface area contributed by atoms with E-state index in [2.05, 4.69) is 4.74 Å². The molecular weight excluding hydrogens is 268 g/mol. The SMILES string of the molecule is COC=CC(=O)Oc1ccccc1Oc1ccc(C)cc1. The standard InChI is InChI=1S/C17H16O4/c1-13-7-9-14(10-8-13)20-15-5-3-4-6-16(15)21-17(18)11-12-19-2/h3-12H,1-2H3. The Kier molecular flexibility index (Phi) is 4.99. The van der Waals surface area contributed by atoms with Crippen LogP contribution < -0.4 is 9.47 Å². The summed E-state index contributed by atoms with van der Waals surface area (Å²) in [5, 5.41) is 0. The van der Waals surface area contributed by atoms with Crippen molar-refractivity contribution < 1.29 is 19.0 Å². The maximum absolute atomic E-state index is 11.6. The van der Waals surface area contributed by atoms with Crippen molar-refractivity contribution in [1.82, 2.24) is 0 Å². The Morgan fingerprint density at radius 3 is 2.33 bits per heavy atom. The number of para-hydroxylation sites is 2. The second kappa shape index (κ2) is 7.14. The van der Waals surface area contributed by atoms with Crippen molar-refractivity contribution in [1.29, 1.82) is 0 Å². The Morgan fingerprint density at radius 1 is 1.00 bits per heavy atom. The van der Waals surface area contributed by atoms with Gasteiger partial charge in [0.1, 0.15) is 5.75 Å². The molecule has 0 heterocycles. The number of esters is 1. The lowest BCUT2D eigenvalue weighted by Crippen LogP contribution is -2.04. The fraction of sp³-hybridized carbons (Fsp3) is 0.118. The molecule has 0 N–H and O–H groups in total. The fourth-order valence-corrected chi connectivity index (χ4v) is 1.62. The van der Waals surface area contributed by atoms with Gasteiger partial charge in [-0.1, -0.05) is 29.8 Å². The molecule has 0 aliphatic heterocycles. The van der Waals surface area contributed by atoms with Crippen molar-refractivity contribution in [3.05, 3.63) is 66.4 Å². The van der Waals surface area contributed by atoms with Crippen LogP contribution in [0.5, 0.6) is 17.2 Å². The first-order valence-corrected chi connectivity index (χ1v) is 6.44. The van der Waals surface area contributed by atoms with Crippen LogP contribution in [0.4, 0.5) is 0 Å². The highest BCUT2D eigenvalue weighted by atomic mass is 16.6. The fourth-order valence-electron chi connectivity index (χ4n) is 1.62. The van der Waals surface area contributed by atoms with Gasteiger partial charge in [0, 0.05) is 0 Å². The molecule has 21 heavy (non-hydrogen) atoms. The quantitative estimate of drug-likeness (QED) is 0.362. The van der Waals surface area contributed by atoms with Crippen LogP contribution >= 0.6 is 0 Å². The van der Waals surface area contributed by atoms with Gasteiger partial charge < -0.3 is 14.2 Å². The van der Waals surface area contributed by atoms with Gasteiger partial charge in [-0.15, -0.1) is 0 Å². The Morgan fingerprint density at radius 2 is 1.67 bits per heavy atom. The van der Waals surface area contributed by atoms with Gasteiger partial charge >= 0.3 is 5.97 Å². The van der Waals surface area contributed by atoms with Crippen LogP contribution in [0, 0.1) is 6.92 Å². The van der Waals surface area contributed by atoms with Crippen LogP contribution in [-0.2, 0) is 9.53 Å². The summed E-state index contributed by atoms with van der Waals surface area (Å²) in [6.45, 7) is 2.00. The van der Waals surface area contributed by atoms with Crippen molar-refractivity contribution in [2.75, 3.05) is 7.11 Å². The molecule has 2 aromatic rings. The van der Waals surface area contributed by atoms with Crippen molar-refractivity contribution in [3.8, 4) is 17.2 Å². The van der Waals surface area contributed by atoms with Crippen LogP contribution in [0.3, 0.4) is 0 Å². The van der Waals surface area contributed by atoms with Gasteiger partial charge in [-0.25, -0.2) is 4.79 Å². The summed E-state index contributed by atoms with van der Waals surface area (Å²) in [5.74, 6) is 0.970. The molecule has 108 valence electrons. The van der Waals surface area contributed by atoms with E-state index in [0.717, 1.165) is 5.56 Å². The minimum atomic E-state index is -0.531. The summed E-state index contributed by atoms with van der Waals surface area (Å²) < 4.78 is 15.6. The van der Waals surface area contributed by atoms with Crippen LogP contribution in [0.1, 0.15) is 5.56 Å². The summed E-state index contributed by atoms with van der Waals surface area (Å²) in [7, 11) is 1.46. The van der Waals surface area contributed by atoms with E-state index in [4.69, 9.17) is 9.47 Å². The molecule has 2 rings (SSSR count). The van der Waals surface area contributed by atoms with E-state index in [1.54, 1.807) is 18.2 Å². The largest absolute Gasteiger partial charge is 0.504 e. The first-order valence-electron chi connectivity index (χ1n) is 6.44. The second-order valence-corrected chi connectivity index (χ2v) is 4.32. The van der Waals surface area contributed by atoms with E-state index in [1.807, 2.05) is 37.3 Å². The summed E-state index contributed by atoms with van der Waals surface area (Å²) in [5.41, 5.74) is 1.15. The van der Waals surface area contributed by atoms with Crippen molar-refractivity contribution in [2.24, 2.45) is 0 Å². The van der Waals surface area contributed by atoms with Crippen molar-refractivity contribution in [3.63, 3.8) is 0 Å². The molecule has 0 aliphatic carbocycles. The number of ether oxygens (including phenoxy) is 3. The van der Waals surface area contributed by atoms with E-state index in [-0.39, 0.29) is 0 Å². The van der Waals surface area contributed by atoms with E-state index in [9.17, 15) is 4.79 Å². The Hall–Kier alpha value is -2.75. The molecule has 0 saturated heterocycles. The molecule has 2 aromatic carbocycles. The van der Waals surface area contributed by atoms with Gasteiger partial charge in [0.15, 0.2) is 11.5 Å². The Bertz CT molecular complexity index is 629. The number of carbonyl (C=O) groups excluding carboxylic acids is 1. The minimum Gasteiger partial charge on any atom is -0.504 e. The van der Waals surface area contributed by atoms with Crippen LogP contribution in [0.2, 0.25) is 0 Å². The topological polar surface area (TPSA) is 44.8 Å². The molecule has 0 unspecified atom stereocenters. The predicted molar refractivity (Wildman–Crippen MR) is 79.5 cm³/mol. The molecule has 0 spiro atoms. The summed E-state index contributed by atoms with van der Waals surface area (Å²) in [6.07, 6.45) is 2.45. The molecular formula is C17H16O4. The average Bonchev–Trinajstić information content (AvgIpc) is 2.49. The molecule has 4 heteroatoms. The van der Waals surface area contributed by atoms with E-state index in [0.29, 0.717) is 17.2 Å². The van der Waals surface area contributed by atoms with E-state index >= 15 is 0 Å². The molecule has 0 aliphatic rings. The van der Waals surface area contributed by atoms with Gasteiger partial charge in [0.25, 0.3) is 0 Å². The number of carbonyl (C=O) groups is 1. The third-order valence-electron chi connectivity index (χ3n) is 2.65. The molecule has 4 nitrogen and oxygen atoms in total. The number of hydrogen-bond donors (Lipinski definition) is 0. The molecule has 0 fully saturated rings. The van der Waals surface area contributed by atoms with Crippen LogP contribution in [0.15, 0.2) is 60.9 Å². The first kappa shape index (κ1) is 14.7. The highest BCUT2D eigenvalue weighted by molar-refractivity contribution is 5.84. The summed E-state index contributed by atoms with van der Waals surface area (Å²) in [4.78, 5) is 11.6. The minimum absolute atomic E-state index is 0.351. The van der Waals surface area contributed by atoms with Crippen LogP contribution in [0.25, 0.3) is 0 Å². The van der Waals surface area contributed by atoms with Crippen molar-refractivity contribution in [2.45, 2.75) is 6.92 Å². The highest BCUT2D eigenvalue weighted by Gasteiger charge is 2.08. The zero-order valence-corrected chi connectivity index (χ0v) is 11.9. The molecule has 0 bridgehead atoms. The number of aryl methyl sites for hydroxylation is 1. The maximum atomic E-state index is 11.6. The van der Waals surface area contributed by atoms with Gasteiger partial charge in [-0.2, -0.15) is 0 Å². The predicted octanol–water partition coefficient (Wildman–Crippen LogP) is 3.85. The van der Waals surface area contributed by atoms with Gasteiger partial charge in [0.2, 0.25) is 0 Å². The van der Waals surface area contributed by atoms with Crippen LogP contribution in [-0.4, -0.2) is 13.1 Å². The first-order chi connectivity index (χ1) is 10.2. The smallest absolute Gasteiger partial charge is 0.339 e. The summed E-state index contributed by atoms with van der Waals surface area (Å²) in [6, 6.07) is 14.6. The lowest BCUT2D eigenvalue weighted by molar-refractivity contribution is -0.129. The van der Waals surface area contributed by atoms with Gasteiger partial charge in [-0.05, 0) is 31.2 Å². The number of rotatable bonds is 5. The second-order valence-electron chi connectivity index (χ2n) is 4.32. The molecule has 0 aromatic heterocycles. The number of methoxy groups -OCH3 is 1. The summed E-state index contributed by atoms with van der Waals surface area (Å²) >= 11 is 0. The number of benzene rings is 2. The zero-order valence-electron chi connectivity index (χ0n) is 11.9. The number of hydrogen-bond acceptors (Lipinski definition) is 4. The molecule has 0 saturated carbocycles. The Labute approximate surface area is 123 Å². The average molecular weight is 284 g/mol. The highest BCUT2D eigenvalue weighted by Crippen LogP contribution is 2.31. The van der Waals surface area contributed by atoms with Gasteiger partial charge in [0.05, 0.1) is 19.4 Å². The maximum Gasteiger partial charge on any atom is 0.339 e. The molecule has 0 atom stereocenters. The third-order valence-corrected chi connectivity index (χ3v) is 2.65. The Balaban J connectivity index is 2.14. The third kappa shape index (κ3) is 4.38. The van der Waals surface area contributed by atoms with E-state index in [1.165, 1.54) is 19.4 Å². The van der Waals surface area contributed by atoms with Crippen molar-refractivity contribution >= 4 is 5.97 Å². The zero-order chi connectivity index (χ0) is 15.1. The molecule has 0 radical (unpaired) electrons. The normalized spacial score (nSPS) is 10.4. The molecule has 0 amide bonds. The monoisotopic (exact) mass is 284 g/mol. The van der Waals surface area contributed by atoms with Gasteiger partial charge in [-0.3, -0.25) is 0 Å². The lowest BCUT2D eigenvalue weighted by atomic mass is 10.2.